The molecule has 0 unspecified atom stereocenters. The summed E-state index contributed by atoms with van der Waals surface area (Å²) in [6, 6.07) is 3.50. The molecule has 1 saturated heterocycles. The molecule has 3 rings (SSSR count). The smallest absolute Gasteiger partial charge is 0.253 e. The molecule has 2 aromatic rings. The maximum absolute atomic E-state index is 12.6. The third-order valence-electron chi connectivity index (χ3n) is 4.34. The van der Waals surface area contributed by atoms with E-state index in [9.17, 15) is 9.90 Å². The van der Waals surface area contributed by atoms with Gasteiger partial charge in [0, 0.05) is 37.6 Å². The van der Waals surface area contributed by atoms with E-state index in [2.05, 4.69) is 15.3 Å². The van der Waals surface area contributed by atoms with Gasteiger partial charge in [0.15, 0.2) is 0 Å². The number of carbonyl (C=O) groups is 1. The predicted octanol–water partition coefficient (Wildman–Crippen LogP) is 1.45. The third-order valence-corrected chi connectivity index (χ3v) is 4.34. The minimum Gasteiger partial charge on any atom is -0.384 e. The molecule has 7 nitrogen and oxygen atoms in total. The highest BCUT2D eigenvalue weighted by Crippen LogP contribution is 2.21. The molecule has 0 saturated carbocycles. The molecule has 2 aromatic heterocycles. The molecule has 0 aromatic carbocycles. The number of hydrogen-bond donors (Lipinski definition) is 1. The van der Waals surface area contributed by atoms with Crippen LogP contribution in [-0.4, -0.2) is 49.0 Å². The predicted molar refractivity (Wildman–Crippen MR) is 88.1 cm³/mol. The molecule has 0 bridgehead atoms. The van der Waals surface area contributed by atoms with Crippen LogP contribution in [0.1, 0.15) is 42.7 Å². The molecule has 3 heterocycles. The zero-order valence-electron chi connectivity index (χ0n) is 14.1. The molecule has 128 valence electrons. The standard InChI is InChI=1S/C17H23N5O2/c1-17(2,24)15-12-22(20-19-15)11-13-4-3-9-21(10-13)16(23)14-5-7-18-8-6-14/h5-8,12-13,24H,3-4,9-11H2,1-2H3/t13-/m0/s1. The third kappa shape index (κ3) is 3.79. The minimum absolute atomic E-state index is 0.0536. The first-order valence-electron chi connectivity index (χ1n) is 8.26. The van der Waals surface area contributed by atoms with Crippen LogP contribution < -0.4 is 0 Å². The fourth-order valence-electron chi connectivity index (χ4n) is 3.01. The first-order valence-corrected chi connectivity index (χ1v) is 8.26. The molecular formula is C17H23N5O2. The Labute approximate surface area is 141 Å². The fourth-order valence-corrected chi connectivity index (χ4v) is 3.01. The van der Waals surface area contributed by atoms with E-state index in [0.717, 1.165) is 19.4 Å². The summed E-state index contributed by atoms with van der Waals surface area (Å²) in [5.74, 6) is 0.388. The van der Waals surface area contributed by atoms with Gasteiger partial charge in [-0.15, -0.1) is 5.10 Å². The lowest BCUT2D eigenvalue weighted by molar-refractivity contribution is 0.0659. The van der Waals surface area contributed by atoms with Crippen LogP contribution in [0.5, 0.6) is 0 Å². The van der Waals surface area contributed by atoms with Gasteiger partial charge in [-0.25, -0.2) is 0 Å². The van der Waals surface area contributed by atoms with Gasteiger partial charge >= 0.3 is 0 Å². The Bertz CT molecular complexity index is 693. The quantitative estimate of drug-likeness (QED) is 0.918. The van der Waals surface area contributed by atoms with Crippen LogP contribution in [-0.2, 0) is 12.1 Å². The van der Waals surface area contributed by atoms with Crippen molar-refractivity contribution in [2.45, 2.75) is 38.8 Å². The van der Waals surface area contributed by atoms with E-state index in [1.54, 1.807) is 49.3 Å². The number of aliphatic hydroxyl groups is 1. The highest BCUT2D eigenvalue weighted by molar-refractivity contribution is 5.94. The Morgan fingerprint density at radius 3 is 2.79 bits per heavy atom. The summed E-state index contributed by atoms with van der Waals surface area (Å²) in [4.78, 5) is 18.4. The van der Waals surface area contributed by atoms with Crippen molar-refractivity contribution in [2.24, 2.45) is 5.92 Å². The lowest BCUT2D eigenvalue weighted by Crippen LogP contribution is -2.41. The molecule has 1 aliphatic rings. The van der Waals surface area contributed by atoms with Gasteiger partial charge in [-0.05, 0) is 44.7 Å². The number of amides is 1. The molecule has 0 radical (unpaired) electrons. The Morgan fingerprint density at radius 1 is 1.38 bits per heavy atom. The molecule has 7 heteroatoms. The number of carbonyl (C=O) groups excluding carboxylic acids is 1. The average Bonchev–Trinajstić information content (AvgIpc) is 3.04. The van der Waals surface area contributed by atoms with Crippen LogP contribution in [0.15, 0.2) is 30.7 Å². The van der Waals surface area contributed by atoms with Crippen LogP contribution in [0, 0.1) is 5.92 Å². The number of piperidine rings is 1. The first-order chi connectivity index (χ1) is 11.4. The van der Waals surface area contributed by atoms with E-state index < -0.39 is 5.60 Å². The SMILES string of the molecule is CC(C)(O)c1cn(C[C@H]2CCCN(C(=O)c3ccncc3)C2)nn1. The Balaban J connectivity index is 1.63. The van der Waals surface area contributed by atoms with Crippen LogP contribution >= 0.6 is 0 Å². The Kier molecular flexibility index (Phi) is 4.62. The van der Waals surface area contributed by atoms with Crippen molar-refractivity contribution in [1.82, 2.24) is 24.9 Å². The minimum atomic E-state index is -0.992. The van der Waals surface area contributed by atoms with Gasteiger partial charge in [-0.2, -0.15) is 0 Å². The number of rotatable bonds is 4. The largest absolute Gasteiger partial charge is 0.384 e. The van der Waals surface area contributed by atoms with Crippen molar-refractivity contribution < 1.29 is 9.90 Å². The maximum atomic E-state index is 12.6. The second kappa shape index (κ2) is 6.68. The highest BCUT2D eigenvalue weighted by Gasteiger charge is 2.26. The van der Waals surface area contributed by atoms with Gasteiger partial charge in [-0.3, -0.25) is 14.5 Å². The second-order valence-electron chi connectivity index (χ2n) is 6.88. The van der Waals surface area contributed by atoms with Crippen LogP contribution in [0.3, 0.4) is 0 Å². The zero-order valence-corrected chi connectivity index (χ0v) is 14.1. The van der Waals surface area contributed by atoms with Crippen LogP contribution in [0.2, 0.25) is 0 Å². The molecule has 0 aliphatic carbocycles. The molecule has 24 heavy (non-hydrogen) atoms. The zero-order chi connectivity index (χ0) is 17.2. The fraction of sp³-hybridized carbons (Fsp3) is 0.529. The molecular weight excluding hydrogens is 306 g/mol. The molecule has 1 atom stereocenters. The molecule has 1 fully saturated rings. The number of nitrogens with zero attached hydrogens (tertiary/aromatic N) is 5. The summed E-state index contributed by atoms with van der Waals surface area (Å²) in [5.41, 5.74) is 0.243. The van der Waals surface area contributed by atoms with Crippen LogP contribution in [0.4, 0.5) is 0 Å². The monoisotopic (exact) mass is 329 g/mol. The van der Waals surface area contributed by atoms with Crippen molar-refractivity contribution in [2.75, 3.05) is 13.1 Å². The van der Waals surface area contributed by atoms with Gasteiger partial charge < -0.3 is 10.0 Å². The van der Waals surface area contributed by atoms with E-state index in [4.69, 9.17) is 0 Å². The number of hydrogen-bond acceptors (Lipinski definition) is 5. The van der Waals surface area contributed by atoms with Crippen LogP contribution in [0.25, 0.3) is 0 Å². The summed E-state index contributed by atoms with van der Waals surface area (Å²) in [5, 5.41) is 18.1. The Hall–Kier alpha value is -2.28. The van der Waals surface area contributed by atoms with E-state index in [1.807, 2.05) is 4.90 Å². The summed E-state index contributed by atoms with van der Waals surface area (Å²) in [6.07, 6.45) is 7.10. The lowest BCUT2D eigenvalue weighted by atomic mass is 9.97. The van der Waals surface area contributed by atoms with Gasteiger partial charge in [0.2, 0.25) is 0 Å². The molecule has 1 N–H and O–H groups in total. The average molecular weight is 329 g/mol. The van der Waals surface area contributed by atoms with Crippen molar-refractivity contribution in [3.8, 4) is 0 Å². The number of pyridine rings is 1. The van der Waals surface area contributed by atoms with Gasteiger partial charge in [0.05, 0.1) is 6.20 Å². The Morgan fingerprint density at radius 2 is 2.12 bits per heavy atom. The normalized spacial score (nSPS) is 18.6. The van der Waals surface area contributed by atoms with Crippen molar-refractivity contribution in [1.29, 1.82) is 0 Å². The molecule has 1 aliphatic heterocycles. The second-order valence-corrected chi connectivity index (χ2v) is 6.88. The van der Waals surface area contributed by atoms with Crippen molar-refractivity contribution in [3.63, 3.8) is 0 Å². The van der Waals surface area contributed by atoms with Gasteiger partial charge in [-0.1, -0.05) is 5.21 Å². The van der Waals surface area contributed by atoms with Gasteiger partial charge in [0.25, 0.3) is 5.91 Å². The molecule has 1 amide bonds. The number of likely N-dealkylation sites (tertiary alicyclic amines) is 1. The summed E-state index contributed by atoms with van der Waals surface area (Å²) < 4.78 is 1.76. The van der Waals surface area contributed by atoms with Crippen molar-refractivity contribution in [3.05, 3.63) is 42.0 Å². The van der Waals surface area contributed by atoms with Gasteiger partial charge in [0.1, 0.15) is 11.3 Å². The summed E-state index contributed by atoms with van der Waals surface area (Å²) in [6.45, 7) is 5.57. The van der Waals surface area contributed by atoms with E-state index in [1.165, 1.54) is 0 Å². The van der Waals surface area contributed by atoms with E-state index in [0.29, 0.717) is 30.3 Å². The van der Waals surface area contributed by atoms with E-state index >= 15 is 0 Å². The topological polar surface area (TPSA) is 84.1 Å². The molecule has 0 spiro atoms. The summed E-state index contributed by atoms with van der Waals surface area (Å²) >= 11 is 0. The van der Waals surface area contributed by atoms with Crippen molar-refractivity contribution >= 4 is 5.91 Å². The summed E-state index contributed by atoms with van der Waals surface area (Å²) in [7, 11) is 0. The highest BCUT2D eigenvalue weighted by atomic mass is 16.3. The lowest BCUT2D eigenvalue weighted by Gasteiger charge is -2.32. The van der Waals surface area contributed by atoms with E-state index in [-0.39, 0.29) is 5.91 Å². The first kappa shape index (κ1) is 16.6. The maximum Gasteiger partial charge on any atom is 0.253 e. The number of aromatic nitrogens is 4.